The predicted octanol–water partition coefficient (Wildman–Crippen LogP) is 4.59. The van der Waals surface area contributed by atoms with Crippen LogP contribution in [-0.4, -0.2) is 30.4 Å². The molecule has 0 spiro atoms. The summed E-state index contributed by atoms with van der Waals surface area (Å²) in [6, 6.07) is 6.37. The summed E-state index contributed by atoms with van der Waals surface area (Å²) in [6.45, 7) is 2.05. The van der Waals surface area contributed by atoms with Crippen LogP contribution in [0, 0.1) is 0 Å². The first-order valence-electron chi connectivity index (χ1n) is 11.0. The fourth-order valence-electron chi connectivity index (χ4n) is 3.65. The second kappa shape index (κ2) is 13.0. The fraction of sp³-hybridized carbons (Fsp3) is 0.609. The van der Waals surface area contributed by atoms with Crippen molar-refractivity contribution in [3.8, 4) is 0 Å². The Labute approximate surface area is 173 Å². The Balaban J connectivity index is 1.84. The van der Waals surface area contributed by atoms with E-state index in [4.69, 9.17) is 4.74 Å². The highest BCUT2D eigenvalue weighted by molar-refractivity contribution is 6.39. The van der Waals surface area contributed by atoms with Gasteiger partial charge in [0.25, 0.3) is 0 Å². The van der Waals surface area contributed by atoms with E-state index in [-0.39, 0.29) is 6.04 Å². The molecule has 0 atom stereocenters. The number of nitrogens with one attached hydrogen (secondary N) is 2. The molecule has 0 heterocycles. The number of benzene rings is 1. The second-order valence-corrected chi connectivity index (χ2v) is 7.68. The van der Waals surface area contributed by atoms with Gasteiger partial charge in [0.2, 0.25) is 0 Å². The first-order chi connectivity index (χ1) is 14.1. The highest BCUT2D eigenvalue weighted by Gasteiger charge is 2.19. The minimum Gasteiger partial charge on any atom is -0.462 e. The molecule has 0 saturated heterocycles. The molecule has 6 heteroatoms. The molecule has 1 aromatic rings. The van der Waals surface area contributed by atoms with E-state index in [1.165, 1.54) is 44.9 Å². The number of hydrogen-bond donors (Lipinski definition) is 2. The lowest BCUT2D eigenvalue weighted by atomic mass is 9.98. The Hall–Kier alpha value is -2.37. The third kappa shape index (κ3) is 8.67. The first-order valence-corrected chi connectivity index (χ1v) is 11.0. The van der Waals surface area contributed by atoms with Crippen LogP contribution in [0.25, 0.3) is 0 Å². The van der Waals surface area contributed by atoms with E-state index in [1.54, 1.807) is 31.2 Å². The summed E-state index contributed by atoms with van der Waals surface area (Å²) in [4.78, 5) is 36.3. The number of rotatable bonds is 4. The van der Waals surface area contributed by atoms with Crippen molar-refractivity contribution in [3.05, 3.63) is 29.8 Å². The average molecular weight is 403 g/mol. The number of carbonyl (C=O) groups is 3. The molecular formula is C23H34N2O4. The number of hydrogen-bond acceptors (Lipinski definition) is 4. The minimum atomic E-state index is -0.681. The van der Waals surface area contributed by atoms with Crippen molar-refractivity contribution in [2.24, 2.45) is 0 Å². The summed E-state index contributed by atoms with van der Waals surface area (Å²) in [5.41, 5.74) is 0.874. The summed E-state index contributed by atoms with van der Waals surface area (Å²) >= 11 is 0. The molecule has 1 aliphatic carbocycles. The van der Waals surface area contributed by atoms with Crippen molar-refractivity contribution in [2.45, 2.75) is 83.6 Å². The highest BCUT2D eigenvalue weighted by atomic mass is 16.5. The molecule has 2 N–H and O–H groups in total. The van der Waals surface area contributed by atoms with Crippen LogP contribution in [0.1, 0.15) is 87.9 Å². The van der Waals surface area contributed by atoms with Gasteiger partial charge in [-0.3, -0.25) is 9.59 Å². The third-order valence-electron chi connectivity index (χ3n) is 5.30. The molecule has 160 valence electrons. The van der Waals surface area contributed by atoms with Gasteiger partial charge in [-0.2, -0.15) is 0 Å². The van der Waals surface area contributed by atoms with Gasteiger partial charge in [0.15, 0.2) is 0 Å². The fourth-order valence-corrected chi connectivity index (χ4v) is 3.65. The zero-order chi connectivity index (χ0) is 20.9. The van der Waals surface area contributed by atoms with E-state index in [0.717, 1.165) is 25.7 Å². The SMILES string of the molecule is CCOC(=O)c1ccc(NC(=O)C(=O)NC2CCCCCCCCCCC2)cc1. The molecule has 1 aliphatic rings. The molecule has 2 rings (SSSR count). The molecule has 6 nitrogen and oxygen atoms in total. The van der Waals surface area contributed by atoms with Crippen molar-refractivity contribution in [2.75, 3.05) is 11.9 Å². The van der Waals surface area contributed by atoms with Gasteiger partial charge in [0, 0.05) is 11.7 Å². The summed E-state index contributed by atoms with van der Waals surface area (Å²) in [5.74, 6) is -1.69. The summed E-state index contributed by atoms with van der Waals surface area (Å²) in [5, 5.41) is 5.51. The topological polar surface area (TPSA) is 84.5 Å². The molecule has 0 aromatic heterocycles. The number of amides is 2. The maximum Gasteiger partial charge on any atom is 0.338 e. The largest absolute Gasteiger partial charge is 0.462 e. The van der Waals surface area contributed by atoms with E-state index in [0.29, 0.717) is 17.9 Å². The normalized spacial score (nSPS) is 16.7. The summed E-state index contributed by atoms with van der Waals surface area (Å²) < 4.78 is 4.93. The molecule has 0 unspecified atom stereocenters. The number of esters is 1. The second-order valence-electron chi connectivity index (χ2n) is 7.68. The Morgan fingerprint density at radius 3 is 1.86 bits per heavy atom. The van der Waals surface area contributed by atoms with E-state index in [2.05, 4.69) is 10.6 Å². The van der Waals surface area contributed by atoms with Gasteiger partial charge in [-0.05, 0) is 44.0 Å². The maximum absolute atomic E-state index is 12.4. The number of anilines is 1. The van der Waals surface area contributed by atoms with Crippen LogP contribution in [0.5, 0.6) is 0 Å². The highest BCUT2D eigenvalue weighted by Crippen LogP contribution is 2.17. The van der Waals surface area contributed by atoms with Crippen LogP contribution in [0.4, 0.5) is 5.69 Å². The van der Waals surface area contributed by atoms with E-state index >= 15 is 0 Å². The van der Waals surface area contributed by atoms with Gasteiger partial charge in [0.05, 0.1) is 12.2 Å². The van der Waals surface area contributed by atoms with E-state index in [9.17, 15) is 14.4 Å². The molecule has 0 bridgehead atoms. The van der Waals surface area contributed by atoms with Crippen molar-refractivity contribution in [1.29, 1.82) is 0 Å². The minimum absolute atomic E-state index is 0.0545. The summed E-state index contributed by atoms with van der Waals surface area (Å²) in [6.07, 6.45) is 12.8. The van der Waals surface area contributed by atoms with Crippen molar-refractivity contribution < 1.29 is 19.1 Å². The van der Waals surface area contributed by atoms with E-state index < -0.39 is 17.8 Å². The molecule has 1 saturated carbocycles. The lowest BCUT2D eigenvalue weighted by molar-refractivity contribution is -0.136. The van der Waals surface area contributed by atoms with Crippen molar-refractivity contribution in [3.63, 3.8) is 0 Å². The van der Waals surface area contributed by atoms with Gasteiger partial charge < -0.3 is 15.4 Å². The van der Waals surface area contributed by atoms with Gasteiger partial charge in [-0.25, -0.2) is 4.79 Å². The predicted molar refractivity (Wildman–Crippen MR) is 114 cm³/mol. The lowest BCUT2D eigenvalue weighted by Crippen LogP contribution is -2.41. The Morgan fingerprint density at radius 2 is 1.34 bits per heavy atom. The van der Waals surface area contributed by atoms with Crippen LogP contribution in [0.15, 0.2) is 24.3 Å². The van der Waals surface area contributed by atoms with Crippen LogP contribution in [0.2, 0.25) is 0 Å². The van der Waals surface area contributed by atoms with Crippen molar-refractivity contribution >= 4 is 23.5 Å². The van der Waals surface area contributed by atoms with Crippen LogP contribution >= 0.6 is 0 Å². The van der Waals surface area contributed by atoms with Gasteiger partial charge in [-0.15, -0.1) is 0 Å². The standard InChI is InChI=1S/C23H34N2O4/c1-2-29-23(28)18-14-16-20(17-15-18)25-22(27)21(26)24-19-12-10-8-6-4-3-5-7-9-11-13-19/h14-17,19H,2-13H2,1H3,(H,24,26)(H,25,27). The quantitative estimate of drug-likeness (QED) is 0.570. The van der Waals surface area contributed by atoms with E-state index in [1.807, 2.05) is 0 Å². The first kappa shape index (κ1) is 22.9. The molecule has 0 aliphatic heterocycles. The van der Waals surface area contributed by atoms with Crippen LogP contribution in [0.3, 0.4) is 0 Å². The third-order valence-corrected chi connectivity index (χ3v) is 5.30. The van der Waals surface area contributed by atoms with Crippen LogP contribution in [-0.2, 0) is 14.3 Å². The van der Waals surface area contributed by atoms with Crippen LogP contribution < -0.4 is 10.6 Å². The molecule has 29 heavy (non-hydrogen) atoms. The Morgan fingerprint density at radius 1 is 0.828 bits per heavy atom. The molecule has 2 amide bonds. The molecular weight excluding hydrogens is 368 g/mol. The smallest absolute Gasteiger partial charge is 0.338 e. The molecule has 1 aromatic carbocycles. The Bertz CT molecular complexity index is 645. The monoisotopic (exact) mass is 402 g/mol. The van der Waals surface area contributed by atoms with Crippen molar-refractivity contribution in [1.82, 2.24) is 5.32 Å². The number of carbonyl (C=O) groups excluding carboxylic acids is 3. The Kier molecular flexibility index (Phi) is 10.2. The van der Waals surface area contributed by atoms with Gasteiger partial charge >= 0.3 is 17.8 Å². The van der Waals surface area contributed by atoms with Gasteiger partial charge in [-0.1, -0.05) is 57.8 Å². The zero-order valence-corrected chi connectivity index (χ0v) is 17.5. The average Bonchev–Trinajstić information content (AvgIpc) is 2.70. The summed E-state index contributed by atoms with van der Waals surface area (Å²) in [7, 11) is 0. The molecule has 1 fully saturated rings. The zero-order valence-electron chi connectivity index (χ0n) is 17.5. The maximum atomic E-state index is 12.4. The lowest BCUT2D eigenvalue weighted by Gasteiger charge is -2.19. The molecule has 0 radical (unpaired) electrons. The van der Waals surface area contributed by atoms with Gasteiger partial charge in [0.1, 0.15) is 0 Å². The number of ether oxygens (including phenoxy) is 1.